The highest BCUT2D eigenvalue weighted by Crippen LogP contribution is 2.21. The summed E-state index contributed by atoms with van der Waals surface area (Å²) in [7, 11) is 0. The Morgan fingerprint density at radius 2 is 1.00 bits per heavy atom. The van der Waals surface area contributed by atoms with E-state index in [1.165, 1.54) is 0 Å². The van der Waals surface area contributed by atoms with Crippen LogP contribution in [0.2, 0.25) is 0 Å². The molecule has 0 fully saturated rings. The van der Waals surface area contributed by atoms with E-state index in [1.54, 1.807) is 0 Å². The molecule has 0 bridgehead atoms. The Bertz CT molecular complexity index is 415. The molecule has 1 aromatic rings. The first-order chi connectivity index (χ1) is 9.94. The summed E-state index contributed by atoms with van der Waals surface area (Å²) in [6.07, 6.45) is -0.0395. The van der Waals surface area contributed by atoms with Crippen LogP contribution in [0, 0.1) is 0 Å². The summed E-state index contributed by atoms with van der Waals surface area (Å²) in [4.78, 5) is 12.4. The molecule has 0 atom stereocenters. The summed E-state index contributed by atoms with van der Waals surface area (Å²) in [5.74, 6) is 0. The topological polar surface area (TPSA) is 66.4 Å². The molecule has 1 heterocycles. The highest BCUT2D eigenvalue weighted by molar-refractivity contribution is 5.10. The second kappa shape index (κ2) is 8.15. The van der Waals surface area contributed by atoms with Gasteiger partial charge >= 0.3 is 18.0 Å². The van der Waals surface area contributed by atoms with Gasteiger partial charge in [-0.05, 0) is 55.4 Å². The monoisotopic (exact) mass is 313 g/mol. The lowest BCUT2D eigenvalue weighted by Crippen LogP contribution is -2.27. The predicted octanol–water partition coefficient (Wildman–Crippen LogP) is 4.04. The summed E-state index contributed by atoms with van der Waals surface area (Å²) in [6.45, 7) is 19.3. The molecule has 0 aliphatic carbocycles. The van der Waals surface area contributed by atoms with Crippen molar-refractivity contribution in [3.63, 3.8) is 0 Å². The van der Waals surface area contributed by atoms with Crippen LogP contribution < -0.4 is 14.2 Å². The minimum Gasteiger partial charge on any atom is -0.461 e. The molecule has 0 saturated heterocycles. The van der Waals surface area contributed by atoms with Crippen molar-refractivity contribution in [2.75, 3.05) is 0 Å². The van der Waals surface area contributed by atoms with Gasteiger partial charge in [0.1, 0.15) is 11.2 Å². The highest BCUT2D eigenvalue weighted by atomic mass is 16.5. The van der Waals surface area contributed by atoms with Crippen LogP contribution in [0.4, 0.5) is 0 Å². The van der Waals surface area contributed by atoms with Gasteiger partial charge in [-0.2, -0.15) is 0 Å². The molecule has 0 unspecified atom stereocenters. The van der Waals surface area contributed by atoms with E-state index >= 15 is 0 Å². The molecule has 6 nitrogen and oxygen atoms in total. The van der Waals surface area contributed by atoms with Gasteiger partial charge in [-0.3, -0.25) is 0 Å². The number of hydrogen-bond donors (Lipinski definition) is 0. The highest BCUT2D eigenvalue weighted by Gasteiger charge is 2.20. The molecule has 0 aromatic carbocycles. The van der Waals surface area contributed by atoms with Gasteiger partial charge in [-0.1, -0.05) is 13.8 Å². The summed E-state index contributed by atoms with van der Waals surface area (Å²) >= 11 is 0. The van der Waals surface area contributed by atoms with Gasteiger partial charge in [-0.15, -0.1) is 15.0 Å². The van der Waals surface area contributed by atoms with Crippen molar-refractivity contribution in [1.82, 2.24) is 15.0 Å². The van der Waals surface area contributed by atoms with Crippen molar-refractivity contribution in [3.8, 4) is 18.0 Å². The van der Waals surface area contributed by atoms with E-state index in [2.05, 4.69) is 15.0 Å². The second-order valence-corrected chi connectivity index (χ2v) is 6.78. The van der Waals surface area contributed by atoms with Crippen molar-refractivity contribution in [2.45, 2.75) is 86.5 Å². The molecular weight excluding hydrogens is 282 g/mol. The van der Waals surface area contributed by atoms with Gasteiger partial charge in [-0.25, -0.2) is 0 Å². The van der Waals surface area contributed by atoms with Gasteiger partial charge in [0.2, 0.25) is 0 Å². The first-order valence-electron chi connectivity index (χ1n) is 7.75. The van der Waals surface area contributed by atoms with Gasteiger partial charge in [0.15, 0.2) is 0 Å². The van der Waals surface area contributed by atoms with Crippen LogP contribution in [0.3, 0.4) is 0 Å². The van der Waals surface area contributed by atoms with E-state index < -0.39 is 11.2 Å². The van der Waals surface area contributed by atoms with Crippen LogP contribution in [-0.4, -0.2) is 32.3 Å². The van der Waals surface area contributed by atoms with Crippen LogP contribution in [0.5, 0.6) is 18.0 Å². The van der Waals surface area contributed by atoms with E-state index in [0.717, 1.165) is 0 Å². The number of ether oxygens (including phenoxy) is 3. The summed E-state index contributed by atoms with van der Waals surface area (Å²) in [5.41, 5.74) is -0.815. The lowest BCUT2D eigenvalue weighted by molar-refractivity contribution is 0.0927. The Labute approximate surface area is 134 Å². The maximum absolute atomic E-state index is 5.66. The molecule has 128 valence electrons. The van der Waals surface area contributed by atoms with Crippen LogP contribution in [-0.2, 0) is 0 Å². The third-order valence-corrected chi connectivity index (χ3v) is 1.71. The third kappa shape index (κ3) is 9.37. The maximum atomic E-state index is 5.66. The molecule has 0 aliphatic heterocycles. The minimum atomic E-state index is -0.407. The Kier molecular flexibility index (Phi) is 7.56. The summed E-state index contributed by atoms with van der Waals surface area (Å²) < 4.78 is 16.8. The quantitative estimate of drug-likeness (QED) is 0.835. The van der Waals surface area contributed by atoms with Crippen molar-refractivity contribution in [1.29, 1.82) is 0 Å². The minimum absolute atomic E-state index is 0.0395. The molecule has 0 aliphatic rings. The lowest BCUT2D eigenvalue weighted by Gasteiger charge is -2.22. The molecule has 0 saturated carbocycles. The van der Waals surface area contributed by atoms with Crippen molar-refractivity contribution < 1.29 is 14.2 Å². The third-order valence-electron chi connectivity index (χ3n) is 1.71. The largest absolute Gasteiger partial charge is 0.461 e. The predicted molar refractivity (Wildman–Crippen MR) is 87.7 cm³/mol. The number of aromatic nitrogens is 3. The molecular formula is C16H31N3O3. The summed E-state index contributed by atoms with van der Waals surface area (Å²) in [6, 6.07) is 0.596. The zero-order chi connectivity index (χ0) is 17.6. The molecule has 1 rings (SSSR count). The standard InChI is InChI=1S/C14H25N3O3.C2H6/c1-9(2)18-10-15-11(19-13(3,4)5)17-12(16-10)20-14(6,7)8;1-2/h9H,1-8H3;1-2H3. The van der Waals surface area contributed by atoms with E-state index in [9.17, 15) is 0 Å². The molecule has 0 amide bonds. The van der Waals surface area contributed by atoms with Crippen LogP contribution in [0.1, 0.15) is 69.2 Å². The zero-order valence-corrected chi connectivity index (χ0v) is 15.6. The second-order valence-electron chi connectivity index (χ2n) is 6.78. The molecule has 0 radical (unpaired) electrons. The Balaban J connectivity index is 0.00000211. The van der Waals surface area contributed by atoms with Gasteiger partial charge in [0, 0.05) is 0 Å². The normalized spacial score (nSPS) is 11.6. The van der Waals surface area contributed by atoms with Gasteiger partial charge in [0.05, 0.1) is 6.10 Å². The van der Waals surface area contributed by atoms with Gasteiger partial charge < -0.3 is 14.2 Å². The first-order valence-corrected chi connectivity index (χ1v) is 7.75. The molecule has 0 spiro atoms. The molecule has 22 heavy (non-hydrogen) atoms. The number of nitrogens with zero attached hydrogens (tertiary/aromatic N) is 3. The smallest absolute Gasteiger partial charge is 0.326 e. The van der Waals surface area contributed by atoms with Crippen LogP contribution in [0.15, 0.2) is 0 Å². The number of hydrogen-bond acceptors (Lipinski definition) is 6. The van der Waals surface area contributed by atoms with E-state index in [-0.39, 0.29) is 24.1 Å². The van der Waals surface area contributed by atoms with E-state index in [1.807, 2.05) is 69.2 Å². The maximum Gasteiger partial charge on any atom is 0.326 e. The van der Waals surface area contributed by atoms with E-state index in [4.69, 9.17) is 14.2 Å². The first kappa shape index (κ1) is 20.4. The fraction of sp³-hybridized carbons (Fsp3) is 0.812. The summed E-state index contributed by atoms with van der Waals surface area (Å²) in [5, 5.41) is 0. The average Bonchev–Trinajstić information content (AvgIpc) is 2.25. The Morgan fingerprint density at radius 3 is 1.27 bits per heavy atom. The zero-order valence-electron chi connectivity index (χ0n) is 15.6. The van der Waals surface area contributed by atoms with E-state index in [0.29, 0.717) is 0 Å². The van der Waals surface area contributed by atoms with Crippen molar-refractivity contribution >= 4 is 0 Å². The Hall–Kier alpha value is -1.59. The molecule has 0 N–H and O–H groups in total. The van der Waals surface area contributed by atoms with Crippen molar-refractivity contribution in [2.24, 2.45) is 0 Å². The SMILES string of the molecule is CC.CC(C)Oc1nc(OC(C)(C)C)nc(OC(C)(C)C)n1. The molecule has 6 heteroatoms. The average molecular weight is 313 g/mol. The number of rotatable bonds is 4. The van der Waals surface area contributed by atoms with Crippen LogP contribution >= 0.6 is 0 Å². The lowest BCUT2D eigenvalue weighted by atomic mass is 10.2. The Morgan fingerprint density at radius 1 is 0.682 bits per heavy atom. The van der Waals surface area contributed by atoms with Gasteiger partial charge in [0.25, 0.3) is 0 Å². The fourth-order valence-electron chi connectivity index (χ4n) is 1.22. The molecule has 1 aromatic heterocycles. The van der Waals surface area contributed by atoms with Crippen molar-refractivity contribution in [3.05, 3.63) is 0 Å². The van der Waals surface area contributed by atoms with Crippen LogP contribution in [0.25, 0.3) is 0 Å². The fourth-order valence-corrected chi connectivity index (χ4v) is 1.22.